The molecule has 0 fully saturated rings. The van der Waals surface area contributed by atoms with Gasteiger partial charge in [-0.25, -0.2) is 8.42 Å². The summed E-state index contributed by atoms with van der Waals surface area (Å²) in [6.45, 7) is 10.1. The highest BCUT2D eigenvalue weighted by molar-refractivity contribution is 7.89. The van der Waals surface area contributed by atoms with Crippen LogP contribution in [-0.2, 0) is 16.6 Å². The van der Waals surface area contributed by atoms with Gasteiger partial charge in [0.15, 0.2) is 5.03 Å². The molecular weight excluding hydrogens is 276 g/mol. The molecule has 0 aromatic carbocycles. The molecule has 6 nitrogen and oxygen atoms in total. The summed E-state index contributed by atoms with van der Waals surface area (Å²) in [5.74, 6) is 0. The van der Waals surface area contributed by atoms with E-state index in [0.717, 1.165) is 30.6 Å². The van der Waals surface area contributed by atoms with Crippen LogP contribution in [0.3, 0.4) is 0 Å². The van der Waals surface area contributed by atoms with Crippen molar-refractivity contribution in [2.45, 2.75) is 52.1 Å². The minimum atomic E-state index is -3.51. The molecule has 0 unspecified atom stereocenters. The standard InChI is InChI=1S/C13H26N4O2S/c1-5-8-9-17(7-3)20(18,19)13-12(10-14-6-2)11(4)15-16-13/h14H,5-10H2,1-4H3,(H,15,16). The van der Waals surface area contributed by atoms with E-state index in [4.69, 9.17) is 0 Å². The van der Waals surface area contributed by atoms with Crippen molar-refractivity contribution >= 4 is 10.0 Å². The van der Waals surface area contributed by atoms with E-state index in [1.165, 1.54) is 4.31 Å². The summed E-state index contributed by atoms with van der Waals surface area (Å²) in [7, 11) is -3.51. The van der Waals surface area contributed by atoms with Crippen molar-refractivity contribution in [2.24, 2.45) is 0 Å². The van der Waals surface area contributed by atoms with Crippen LogP contribution in [-0.4, -0.2) is 42.6 Å². The second-order valence-corrected chi connectivity index (χ2v) is 6.62. The van der Waals surface area contributed by atoms with Crippen LogP contribution in [0.15, 0.2) is 5.03 Å². The zero-order valence-electron chi connectivity index (χ0n) is 12.9. The molecule has 1 rings (SSSR count). The van der Waals surface area contributed by atoms with Gasteiger partial charge in [-0.3, -0.25) is 5.10 Å². The Morgan fingerprint density at radius 3 is 2.55 bits per heavy atom. The number of aromatic amines is 1. The fraction of sp³-hybridized carbons (Fsp3) is 0.769. The molecule has 1 aromatic rings. The highest BCUT2D eigenvalue weighted by Crippen LogP contribution is 2.20. The molecule has 0 spiro atoms. The molecule has 2 N–H and O–H groups in total. The molecule has 0 amide bonds. The summed E-state index contributed by atoms with van der Waals surface area (Å²) in [6.07, 6.45) is 1.83. The Morgan fingerprint density at radius 2 is 2.00 bits per heavy atom. The molecule has 0 aliphatic rings. The first kappa shape index (κ1) is 17.1. The minimum Gasteiger partial charge on any atom is -0.313 e. The van der Waals surface area contributed by atoms with Crippen molar-refractivity contribution in [1.82, 2.24) is 19.8 Å². The lowest BCUT2D eigenvalue weighted by Gasteiger charge is -2.19. The molecular formula is C13H26N4O2S. The van der Waals surface area contributed by atoms with Gasteiger partial charge in [-0.1, -0.05) is 27.2 Å². The van der Waals surface area contributed by atoms with Gasteiger partial charge in [-0.05, 0) is 19.9 Å². The number of aromatic nitrogens is 2. The molecule has 20 heavy (non-hydrogen) atoms. The Hall–Kier alpha value is -0.920. The van der Waals surface area contributed by atoms with Gasteiger partial charge in [-0.2, -0.15) is 9.40 Å². The molecule has 0 saturated heterocycles. The summed E-state index contributed by atoms with van der Waals surface area (Å²) in [4.78, 5) is 0. The molecule has 1 heterocycles. The van der Waals surface area contributed by atoms with Gasteiger partial charge in [0, 0.05) is 30.9 Å². The number of nitrogens with one attached hydrogen (secondary N) is 2. The largest absolute Gasteiger partial charge is 0.313 e. The molecule has 0 aliphatic carbocycles. The van der Waals surface area contributed by atoms with Gasteiger partial charge in [0.2, 0.25) is 0 Å². The van der Waals surface area contributed by atoms with Gasteiger partial charge in [0.25, 0.3) is 10.0 Å². The van der Waals surface area contributed by atoms with Crippen LogP contribution in [0.2, 0.25) is 0 Å². The number of unbranched alkanes of at least 4 members (excludes halogenated alkanes) is 1. The monoisotopic (exact) mass is 302 g/mol. The number of hydrogen-bond acceptors (Lipinski definition) is 4. The summed E-state index contributed by atoms with van der Waals surface area (Å²) >= 11 is 0. The first-order valence-corrected chi connectivity index (χ1v) is 8.67. The molecule has 0 radical (unpaired) electrons. The Kier molecular flexibility index (Phi) is 6.64. The van der Waals surface area contributed by atoms with Gasteiger partial charge in [-0.15, -0.1) is 0 Å². The van der Waals surface area contributed by atoms with Crippen molar-refractivity contribution in [3.05, 3.63) is 11.3 Å². The number of H-pyrrole nitrogens is 1. The van der Waals surface area contributed by atoms with E-state index in [0.29, 0.717) is 19.6 Å². The van der Waals surface area contributed by atoms with Gasteiger partial charge < -0.3 is 5.32 Å². The quantitative estimate of drug-likeness (QED) is 0.727. The number of rotatable bonds is 9. The zero-order chi connectivity index (χ0) is 15.2. The third-order valence-electron chi connectivity index (χ3n) is 3.29. The van der Waals surface area contributed by atoms with E-state index < -0.39 is 10.0 Å². The van der Waals surface area contributed by atoms with Crippen LogP contribution in [0.4, 0.5) is 0 Å². The average Bonchev–Trinajstić information content (AvgIpc) is 2.79. The highest BCUT2D eigenvalue weighted by atomic mass is 32.2. The van der Waals surface area contributed by atoms with E-state index in [1.54, 1.807) is 0 Å². The molecule has 1 aromatic heterocycles. The Bertz CT molecular complexity index is 510. The maximum atomic E-state index is 12.7. The zero-order valence-corrected chi connectivity index (χ0v) is 13.7. The predicted molar refractivity (Wildman–Crippen MR) is 80.0 cm³/mol. The fourth-order valence-corrected chi connectivity index (χ4v) is 3.66. The fourth-order valence-electron chi connectivity index (χ4n) is 2.01. The number of hydrogen-bond donors (Lipinski definition) is 2. The van der Waals surface area contributed by atoms with Crippen LogP contribution in [0.5, 0.6) is 0 Å². The first-order chi connectivity index (χ1) is 9.48. The number of nitrogens with zero attached hydrogens (tertiary/aromatic N) is 2. The van der Waals surface area contributed by atoms with Crippen LogP contribution in [0.1, 0.15) is 44.9 Å². The normalized spacial score (nSPS) is 12.2. The number of sulfonamides is 1. The van der Waals surface area contributed by atoms with Crippen LogP contribution in [0.25, 0.3) is 0 Å². The Labute approximate surface area is 122 Å². The Morgan fingerprint density at radius 1 is 1.30 bits per heavy atom. The van der Waals surface area contributed by atoms with E-state index in [-0.39, 0.29) is 5.03 Å². The van der Waals surface area contributed by atoms with Crippen LogP contribution in [0, 0.1) is 6.92 Å². The Balaban J connectivity index is 3.07. The van der Waals surface area contributed by atoms with E-state index in [1.807, 2.05) is 20.8 Å². The molecule has 0 atom stereocenters. The van der Waals surface area contributed by atoms with Gasteiger partial charge in [0.05, 0.1) is 0 Å². The van der Waals surface area contributed by atoms with Crippen LogP contribution < -0.4 is 5.32 Å². The topological polar surface area (TPSA) is 78.1 Å². The van der Waals surface area contributed by atoms with Crippen molar-refractivity contribution in [1.29, 1.82) is 0 Å². The number of aryl methyl sites for hydroxylation is 1. The van der Waals surface area contributed by atoms with Crippen LogP contribution >= 0.6 is 0 Å². The molecule has 7 heteroatoms. The smallest absolute Gasteiger partial charge is 0.262 e. The lowest BCUT2D eigenvalue weighted by atomic mass is 10.2. The van der Waals surface area contributed by atoms with Crippen molar-refractivity contribution in [3.63, 3.8) is 0 Å². The molecule has 0 bridgehead atoms. The van der Waals surface area contributed by atoms with E-state index >= 15 is 0 Å². The van der Waals surface area contributed by atoms with Crippen molar-refractivity contribution in [2.75, 3.05) is 19.6 Å². The summed E-state index contributed by atoms with van der Waals surface area (Å²) in [5, 5.41) is 10.1. The summed E-state index contributed by atoms with van der Waals surface area (Å²) in [6, 6.07) is 0. The molecule has 116 valence electrons. The SMILES string of the molecule is CCCCN(CC)S(=O)(=O)c1n[nH]c(C)c1CNCC. The van der Waals surface area contributed by atoms with E-state index in [9.17, 15) is 8.42 Å². The lowest BCUT2D eigenvalue weighted by molar-refractivity contribution is 0.416. The van der Waals surface area contributed by atoms with Crippen molar-refractivity contribution in [3.8, 4) is 0 Å². The first-order valence-electron chi connectivity index (χ1n) is 7.23. The van der Waals surface area contributed by atoms with Gasteiger partial charge in [0.1, 0.15) is 0 Å². The summed E-state index contributed by atoms with van der Waals surface area (Å²) < 4.78 is 26.9. The predicted octanol–water partition coefficient (Wildman–Crippen LogP) is 1.64. The molecule has 0 saturated carbocycles. The second kappa shape index (κ2) is 7.75. The van der Waals surface area contributed by atoms with E-state index in [2.05, 4.69) is 22.4 Å². The van der Waals surface area contributed by atoms with Gasteiger partial charge >= 0.3 is 0 Å². The third-order valence-corrected chi connectivity index (χ3v) is 5.23. The average molecular weight is 302 g/mol. The highest BCUT2D eigenvalue weighted by Gasteiger charge is 2.29. The minimum absolute atomic E-state index is 0.161. The van der Waals surface area contributed by atoms with Crippen molar-refractivity contribution < 1.29 is 8.42 Å². The maximum Gasteiger partial charge on any atom is 0.262 e. The maximum absolute atomic E-state index is 12.7. The lowest BCUT2D eigenvalue weighted by Crippen LogP contribution is -2.33. The summed E-state index contributed by atoms with van der Waals surface area (Å²) in [5.41, 5.74) is 1.54. The third kappa shape index (κ3) is 3.80. The second-order valence-electron chi connectivity index (χ2n) is 4.76. The molecule has 0 aliphatic heterocycles.